The number of aryl methyl sites for hydroxylation is 1. The first-order valence-electron chi connectivity index (χ1n) is 14.8. The summed E-state index contributed by atoms with van der Waals surface area (Å²) in [7, 11) is 3.95. The van der Waals surface area contributed by atoms with Crippen LogP contribution in [0.25, 0.3) is 11.3 Å². The standard InChI is InChI=1S/C33H37F4N3O6/c1-19-9-11-21(12-10-19)31(41)40(23(17-43-3)18-44-4)28-15-26(34)29(14-24(28)32(42)45-5)46-30-25(33(35,36)37)13-22(16-38-30)27-8-6-7-20(2)39-27/h6-8,13-16,19,21,23H,9-12,17-18H2,1-5H3/t19-,21-. The van der Waals surface area contributed by atoms with E-state index in [1.807, 2.05) is 0 Å². The van der Waals surface area contributed by atoms with Crippen LogP contribution < -0.4 is 9.64 Å². The number of ether oxygens (including phenoxy) is 4. The van der Waals surface area contributed by atoms with Gasteiger partial charge in [0.15, 0.2) is 11.6 Å². The molecule has 0 spiro atoms. The number of nitrogens with zero attached hydrogens (tertiary/aromatic N) is 3. The van der Waals surface area contributed by atoms with Crippen LogP contribution in [0, 0.1) is 24.6 Å². The fraction of sp³-hybridized carbons (Fsp3) is 0.455. The van der Waals surface area contributed by atoms with Crippen LogP contribution in [0.1, 0.15) is 54.2 Å². The molecule has 46 heavy (non-hydrogen) atoms. The molecule has 1 amide bonds. The largest absolute Gasteiger partial charge is 0.465 e. The zero-order valence-electron chi connectivity index (χ0n) is 26.3. The molecule has 248 valence electrons. The van der Waals surface area contributed by atoms with Crippen molar-refractivity contribution in [3.63, 3.8) is 0 Å². The monoisotopic (exact) mass is 647 g/mol. The Morgan fingerprint density at radius 1 is 1.02 bits per heavy atom. The first-order chi connectivity index (χ1) is 21.9. The molecule has 13 heteroatoms. The van der Waals surface area contributed by atoms with Crippen molar-refractivity contribution >= 4 is 17.6 Å². The van der Waals surface area contributed by atoms with Crippen molar-refractivity contribution < 1.29 is 46.1 Å². The van der Waals surface area contributed by atoms with Crippen molar-refractivity contribution in [2.24, 2.45) is 11.8 Å². The van der Waals surface area contributed by atoms with Crippen molar-refractivity contribution in [3.8, 4) is 22.9 Å². The number of hydrogen-bond donors (Lipinski definition) is 0. The minimum absolute atomic E-state index is 0.00973. The number of aromatic nitrogens is 2. The van der Waals surface area contributed by atoms with Crippen molar-refractivity contribution in [3.05, 3.63) is 65.2 Å². The number of amides is 1. The van der Waals surface area contributed by atoms with Crippen LogP contribution in [0.15, 0.2) is 42.6 Å². The van der Waals surface area contributed by atoms with E-state index >= 15 is 4.39 Å². The average molecular weight is 648 g/mol. The van der Waals surface area contributed by atoms with E-state index < -0.39 is 47.1 Å². The van der Waals surface area contributed by atoms with E-state index in [9.17, 15) is 22.8 Å². The Morgan fingerprint density at radius 2 is 1.70 bits per heavy atom. The normalized spacial score (nSPS) is 16.7. The van der Waals surface area contributed by atoms with Crippen LogP contribution in [-0.2, 0) is 25.2 Å². The summed E-state index contributed by atoms with van der Waals surface area (Å²) in [6, 6.07) is 6.71. The Kier molecular flexibility index (Phi) is 11.3. The van der Waals surface area contributed by atoms with E-state index in [-0.39, 0.29) is 41.6 Å². The summed E-state index contributed by atoms with van der Waals surface area (Å²) in [5.74, 6) is -4.07. The van der Waals surface area contributed by atoms with E-state index in [1.165, 1.54) is 25.2 Å². The van der Waals surface area contributed by atoms with Crippen molar-refractivity contribution in [1.82, 2.24) is 9.97 Å². The smallest absolute Gasteiger partial charge is 0.421 e. The van der Waals surface area contributed by atoms with Gasteiger partial charge >= 0.3 is 12.1 Å². The van der Waals surface area contributed by atoms with Gasteiger partial charge in [-0.25, -0.2) is 14.2 Å². The van der Waals surface area contributed by atoms with Gasteiger partial charge in [0, 0.05) is 49.7 Å². The predicted octanol–water partition coefficient (Wildman–Crippen LogP) is 7.01. The second-order valence-corrected chi connectivity index (χ2v) is 11.4. The van der Waals surface area contributed by atoms with Crippen LogP contribution >= 0.6 is 0 Å². The van der Waals surface area contributed by atoms with Crippen molar-refractivity contribution in [1.29, 1.82) is 0 Å². The maximum absolute atomic E-state index is 15.9. The second-order valence-electron chi connectivity index (χ2n) is 11.4. The van der Waals surface area contributed by atoms with Crippen LogP contribution in [-0.4, -0.2) is 62.4 Å². The van der Waals surface area contributed by atoms with Gasteiger partial charge in [0.25, 0.3) is 0 Å². The molecule has 1 saturated carbocycles. The summed E-state index contributed by atoms with van der Waals surface area (Å²) < 4.78 is 79.5. The van der Waals surface area contributed by atoms with Gasteiger partial charge in [-0.2, -0.15) is 13.2 Å². The Labute approximate surface area is 264 Å². The molecule has 4 rings (SSSR count). The van der Waals surface area contributed by atoms with E-state index in [2.05, 4.69) is 16.9 Å². The van der Waals surface area contributed by atoms with Gasteiger partial charge in [-0.3, -0.25) is 9.78 Å². The minimum Gasteiger partial charge on any atom is -0.465 e. The van der Waals surface area contributed by atoms with Gasteiger partial charge in [-0.05, 0) is 56.7 Å². The SMILES string of the molecule is COCC(COC)N(c1cc(F)c(Oc2ncc(-c3cccc(C)n3)cc2C(F)(F)F)cc1C(=O)OC)C(=O)[C@H]1CC[C@H](C)CC1. The van der Waals surface area contributed by atoms with Gasteiger partial charge in [-0.1, -0.05) is 13.0 Å². The summed E-state index contributed by atoms with van der Waals surface area (Å²) >= 11 is 0. The number of rotatable bonds is 11. The van der Waals surface area contributed by atoms with E-state index in [4.69, 9.17) is 18.9 Å². The topological polar surface area (TPSA) is 100 Å². The van der Waals surface area contributed by atoms with Crippen LogP contribution in [0.3, 0.4) is 0 Å². The number of halogens is 4. The molecule has 1 fully saturated rings. The van der Waals surface area contributed by atoms with E-state index in [0.29, 0.717) is 24.5 Å². The molecule has 0 unspecified atom stereocenters. The van der Waals surface area contributed by atoms with Gasteiger partial charge in [0.1, 0.15) is 5.56 Å². The Bertz CT molecular complexity index is 1540. The zero-order chi connectivity index (χ0) is 33.6. The van der Waals surface area contributed by atoms with Crippen LogP contribution in [0.2, 0.25) is 0 Å². The fourth-order valence-electron chi connectivity index (χ4n) is 5.56. The van der Waals surface area contributed by atoms with Crippen molar-refractivity contribution in [2.75, 3.05) is 39.4 Å². The number of esters is 1. The first-order valence-corrected chi connectivity index (χ1v) is 14.8. The second kappa shape index (κ2) is 15.0. The van der Waals surface area contributed by atoms with E-state index in [0.717, 1.165) is 44.3 Å². The highest BCUT2D eigenvalue weighted by molar-refractivity contribution is 6.04. The zero-order valence-corrected chi connectivity index (χ0v) is 26.3. The third kappa shape index (κ3) is 8.00. The summed E-state index contributed by atoms with van der Waals surface area (Å²) in [6.07, 6.45) is -0.965. The molecule has 0 radical (unpaired) electrons. The molecule has 0 saturated heterocycles. The van der Waals surface area contributed by atoms with Gasteiger partial charge in [0.05, 0.1) is 43.3 Å². The lowest BCUT2D eigenvalue weighted by Gasteiger charge is -2.36. The van der Waals surface area contributed by atoms with Gasteiger partial charge in [-0.15, -0.1) is 0 Å². The molecule has 1 aliphatic carbocycles. The maximum atomic E-state index is 15.9. The minimum atomic E-state index is -4.93. The number of alkyl halides is 3. The van der Waals surface area contributed by atoms with Crippen LogP contribution in [0.5, 0.6) is 11.6 Å². The summed E-state index contributed by atoms with van der Waals surface area (Å²) in [5, 5.41) is 0. The molecule has 0 bridgehead atoms. The number of carbonyl (C=O) groups excluding carboxylic acids is 2. The van der Waals surface area contributed by atoms with Gasteiger partial charge in [0.2, 0.25) is 11.8 Å². The quantitative estimate of drug-likeness (QED) is 0.162. The number of pyridine rings is 2. The molecular formula is C33H37F4N3O6. The molecule has 0 N–H and O–H groups in total. The maximum Gasteiger partial charge on any atom is 0.421 e. The summed E-state index contributed by atoms with van der Waals surface area (Å²) in [4.78, 5) is 36.5. The number of anilines is 1. The Balaban J connectivity index is 1.81. The third-order valence-electron chi connectivity index (χ3n) is 7.95. The lowest BCUT2D eigenvalue weighted by atomic mass is 9.82. The lowest BCUT2D eigenvalue weighted by molar-refractivity contribution is -0.138. The Morgan fingerprint density at radius 3 is 2.28 bits per heavy atom. The van der Waals surface area contributed by atoms with Crippen molar-refractivity contribution in [2.45, 2.75) is 51.7 Å². The molecule has 2 heterocycles. The van der Waals surface area contributed by atoms with E-state index in [1.54, 1.807) is 19.1 Å². The highest BCUT2D eigenvalue weighted by Gasteiger charge is 2.38. The molecule has 9 nitrogen and oxygen atoms in total. The molecule has 0 atom stereocenters. The number of hydrogen-bond acceptors (Lipinski definition) is 8. The first kappa shape index (κ1) is 34.8. The molecule has 0 aliphatic heterocycles. The fourth-order valence-corrected chi connectivity index (χ4v) is 5.56. The average Bonchev–Trinajstić information content (AvgIpc) is 3.02. The molecule has 1 aromatic carbocycles. The van der Waals surface area contributed by atoms with Crippen LogP contribution in [0.4, 0.5) is 23.2 Å². The third-order valence-corrected chi connectivity index (χ3v) is 7.95. The molecular weight excluding hydrogens is 610 g/mol. The highest BCUT2D eigenvalue weighted by atomic mass is 19.4. The Hall–Kier alpha value is -4.10. The molecule has 2 aromatic heterocycles. The van der Waals surface area contributed by atoms with Gasteiger partial charge < -0.3 is 23.8 Å². The predicted molar refractivity (Wildman–Crippen MR) is 161 cm³/mol. The summed E-state index contributed by atoms with van der Waals surface area (Å²) in [5.41, 5.74) is -0.810. The number of carbonyl (C=O) groups is 2. The molecule has 3 aromatic rings. The number of benzene rings is 1. The summed E-state index contributed by atoms with van der Waals surface area (Å²) in [6.45, 7) is 3.78. The lowest BCUT2D eigenvalue weighted by Crippen LogP contribution is -2.49. The number of methoxy groups -OCH3 is 3. The highest BCUT2D eigenvalue weighted by Crippen LogP contribution is 2.41. The molecule has 1 aliphatic rings.